The Bertz CT molecular complexity index is 865. The third-order valence-corrected chi connectivity index (χ3v) is 4.83. The van der Waals surface area contributed by atoms with Crippen molar-refractivity contribution in [2.24, 2.45) is 4.99 Å². The number of rotatable bonds is 4. The second-order valence-electron chi connectivity index (χ2n) is 6.54. The Kier molecular flexibility index (Phi) is 5.13. The van der Waals surface area contributed by atoms with Gasteiger partial charge in [-0.1, -0.05) is 18.2 Å². The lowest BCUT2D eigenvalue weighted by Gasteiger charge is -2.33. The van der Waals surface area contributed by atoms with Gasteiger partial charge in [0.05, 0.1) is 12.2 Å². The Morgan fingerprint density at radius 3 is 2.81 bits per heavy atom. The van der Waals surface area contributed by atoms with Gasteiger partial charge in [-0.05, 0) is 25.0 Å². The third-order valence-electron chi connectivity index (χ3n) is 4.83. The summed E-state index contributed by atoms with van der Waals surface area (Å²) in [6.07, 6.45) is 5.32. The van der Waals surface area contributed by atoms with Crippen LogP contribution in [0.5, 0.6) is 0 Å². The standard InChI is InChI=1S/C19H23N7O/c1-20-19(26-9-7-14(8-10-26)17-22-13-23-25-17)21-11-16-12-27-18(24-16)15-5-3-2-4-6-15/h2-6,12-14H,7-11H2,1H3,(H,20,21)(H,22,23,25). The fourth-order valence-corrected chi connectivity index (χ4v) is 3.38. The van der Waals surface area contributed by atoms with Gasteiger partial charge < -0.3 is 14.6 Å². The molecule has 0 saturated carbocycles. The molecule has 8 heteroatoms. The first-order chi connectivity index (χ1) is 13.3. The number of hydrogen-bond acceptors (Lipinski definition) is 5. The lowest BCUT2D eigenvalue weighted by atomic mass is 9.96. The molecule has 0 aliphatic carbocycles. The Morgan fingerprint density at radius 2 is 2.11 bits per heavy atom. The van der Waals surface area contributed by atoms with Gasteiger partial charge in [0.1, 0.15) is 18.4 Å². The van der Waals surface area contributed by atoms with Crippen molar-refractivity contribution in [2.45, 2.75) is 25.3 Å². The minimum atomic E-state index is 0.436. The Labute approximate surface area is 157 Å². The molecule has 1 aromatic carbocycles. The first-order valence-electron chi connectivity index (χ1n) is 9.14. The van der Waals surface area contributed by atoms with Gasteiger partial charge >= 0.3 is 0 Å². The highest BCUT2D eigenvalue weighted by molar-refractivity contribution is 5.79. The van der Waals surface area contributed by atoms with Crippen molar-refractivity contribution in [3.05, 3.63) is 54.4 Å². The molecule has 3 aromatic rings. The summed E-state index contributed by atoms with van der Waals surface area (Å²) < 4.78 is 5.60. The number of guanidine groups is 1. The highest BCUT2D eigenvalue weighted by Gasteiger charge is 2.24. The van der Waals surface area contributed by atoms with Gasteiger partial charge in [-0.25, -0.2) is 9.97 Å². The second-order valence-corrected chi connectivity index (χ2v) is 6.54. The SMILES string of the molecule is CN=C(NCc1coc(-c2ccccc2)n1)N1CCC(c2ncn[nH]2)CC1. The van der Waals surface area contributed by atoms with E-state index in [1.807, 2.05) is 37.4 Å². The smallest absolute Gasteiger partial charge is 0.226 e. The summed E-state index contributed by atoms with van der Waals surface area (Å²) in [7, 11) is 1.81. The van der Waals surface area contributed by atoms with E-state index in [4.69, 9.17) is 4.42 Å². The topological polar surface area (TPSA) is 95.2 Å². The number of aromatic amines is 1. The molecule has 2 aromatic heterocycles. The molecule has 1 fully saturated rings. The normalized spacial score (nSPS) is 15.9. The van der Waals surface area contributed by atoms with Gasteiger partial charge in [-0.2, -0.15) is 5.10 Å². The van der Waals surface area contributed by atoms with Gasteiger partial charge in [0.25, 0.3) is 0 Å². The number of aliphatic imine (C=N–C) groups is 1. The van der Waals surface area contributed by atoms with Crippen LogP contribution in [0.2, 0.25) is 0 Å². The summed E-state index contributed by atoms with van der Waals surface area (Å²) in [6, 6.07) is 9.90. The molecule has 8 nitrogen and oxygen atoms in total. The van der Waals surface area contributed by atoms with E-state index in [0.29, 0.717) is 18.4 Å². The summed E-state index contributed by atoms with van der Waals surface area (Å²) in [5.74, 6) is 2.94. The van der Waals surface area contributed by atoms with E-state index in [0.717, 1.165) is 49.0 Å². The molecule has 1 aliphatic heterocycles. The molecule has 27 heavy (non-hydrogen) atoms. The van der Waals surface area contributed by atoms with Gasteiger partial charge in [0.15, 0.2) is 5.96 Å². The van der Waals surface area contributed by atoms with E-state index in [1.165, 1.54) is 0 Å². The number of H-pyrrole nitrogens is 1. The Balaban J connectivity index is 1.32. The van der Waals surface area contributed by atoms with Crippen molar-refractivity contribution in [1.29, 1.82) is 0 Å². The van der Waals surface area contributed by atoms with Crippen molar-refractivity contribution in [2.75, 3.05) is 20.1 Å². The maximum Gasteiger partial charge on any atom is 0.226 e. The van der Waals surface area contributed by atoms with Crippen LogP contribution in [0, 0.1) is 0 Å². The minimum Gasteiger partial charge on any atom is -0.444 e. The summed E-state index contributed by atoms with van der Waals surface area (Å²) in [6.45, 7) is 2.43. The Morgan fingerprint density at radius 1 is 1.30 bits per heavy atom. The van der Waals surface area contributed by atoms with Crippen LogP contribution in [0.15, 0.2) is 52.3 Å². The summed E-state index contributed by atoms with van der Waals surface area (Å²) in [5, 5.41) is 10.3. The molecule has 1 aliphatic rings. The van der Waals surface area contributed by atoms with Crippen LogP contribution < -0.4 is 5.32 Å². The first-order valence-corrected chi connectivity index (χ1v) is 9.14. The van der Waals surface area contributed by atoms with Crippen LogP contribution in [0.4, 0.5) is 0 Å². The van der Waals surface area contributed by atoms with Gasteiger partial charge in [-0.3, -0.25) is 10.1 Å². The van der Waals surface area contributed by atoms with Crippen molar-refractivity contribution in [3.63, 3.8) is 0 Å². The molecule has 0 atom stereocenters. The van der Waals surface area contributed by atoms with E-state index in [2.05, 4.69) is 35.4 Å². The van der Waals surface area contributed by atoms with Gasteiger partial charge in [0.2, 0.25) is 5.89 Å². The molecule has 3 heterocycles. The van der Waals surface area contributed by atoms with E-state index < -0.39 is 0 Å². The van der Waals surface area contributed by atoms with Gasteiger partial charge in [0, 0.05) is 31.6 Å². The lowest BCUT2D eigenvalue weighted by Crippen LogP contribution is -2.45. The molecule has 4 rings (SSSR count). The van der Waals surface area contributed by atoms with Crippen molar-refractivity contribution < 1.29 is 4.42 Å². The van der Waals surface area contributed by atoms with Gasteiger partial charge in [-0.15, -0.1) is 0 Å². The predicted molar refractivity (Wildman–Crippen MR) is 102 cm³/mol. The zero-order valence-corrected chi connectivity index (χ0v) is 15.3. The number of aromatic nitrogens is 4. The number of nitrogens with one attached hydrogen (secondary N) is 2. The lowest BCUT2D eigenvalue weighted by molar-refractivity contribution is 0.298. The highest BCUT2D eigenvalue weighted by atomic mass is 16.3. The maximum absolute atomic E-state index is 5.60. The molecular weight excluding hydrogens is 342 g/mol. The van der Waals surface area contributed by atoms with E-state index in [9.17, 15) is 0 Å². The molecule has 0 amide bonds. The molecule has 0 unspecified atom stereocenters. The zero-order chi connectivity index (χ0) is 18.5. The van der Waals surface area contributed by atoms with Crippen LogP contribution >= 0.6 is 0 Å². The first kappa shape index (κ1) is 17.3. The van der Waals surface area contributed by atoms with Crippen molar-refractivity contribution in [3.8, 4) is 11.5 Å². The van der Waals surface area contributed by atoms with E-state index >= 15 is 0 Å². The highest BCUT2D eigenvalue weighted by Crippen LogP contribution is 2.25. The van der Waals surface area contributed by atoms with E-state index in [-0.39, 0.29) is 0 Å². The minimum absolute atomic E-state index is 0.436. The van der Waals surface area contributed by atoms with Crippen molar-refractivity contribution >= 4 is 5.96 Å². The van der Waals surface area contributed by atoms with Crippen LogP contribution in [-0.4, -0.2) is 51.2 Å². The Hall–Kier alpha value is -3.16. The van der Waals surface area contributed by atoms with Crippen LogP contribution in [-0.2, 0) is 6.54 Å². The molecule has 0 bridgehead atoms. The molecule has 0 radical (unpaired) electrons. The molecule has 140 valence electrons. The van der Waals surface area contributed by atoms with Crippen LogP contribution in [0.25, 0.3) is 11.5 Å². The molecular formula is C19H23N7O. The number of benzene rings is 1. The summed E-state index contributed by atoms with van der Waals surface area (Å²) >= 11 is 0. The number of hydrogen-bond donors (Lipinski definition) is 2. The summed E-state index contributed by atoms with van der Waals surface area (Å²) in [5.41, 5.74) is 1.83. The molecule has 0 spiro atoms. The largest absolute Gasteiger partial charge is 0.444 e. The van der Waals surface area contributed by atoms with Crippen LogP contribution in [0.1, 0.15) is 30.3 Å². The zero-order valence-electron chi connectivity index (χ0n) is 15.3. The second kappa shape index (κ2) is 8.03. The number of nitrogens with zero attached hydrogens (tertiary/aromatic N) is 5. The monoisotopic (exact) mass is 365 g/mol. The average Bonchev–Trinajstić information content (AvgIpc) is 3.42. The van der Waals surface area contributed by atoms with Crippen molar-refractivity contribution in [1.82, 2.24) is 30.4 Å². The molecule has 2 N–H and O–H groups in total. The van der Waals surface area contributed by atoms with E-state index in [1.54, 1.807) is 12.6 Å². The molecule has 1 saturated heterocycles. The third kappa shape index (κ3) is 3.99. The number of likely N-dealkylation sites (tertiary alicyclic amines) is 1. The average molecular weight is 365 g/mol. The quantitative estimate of drug-likeness (QED) is 0.545. The fourth-order valence-electron chi connectivity index (χ4n) is 3.38. The van der Waals surface area contributed by atoms with Crippen LogP contribution in [0.3, 0.4) is 0 Å². The summed E-state index contributed by atoms with van der Waals surface area (Å²) in [4.78, 5) is 15.5. The fraction of sp³-hybridized carbons (Fsp3) is 0.368. The number of piperidine rings is 1. The predicted octanol–water partition coefficient (Wildman–Crippen LogP) is 2.41. The maximum atomic E-state index is 5.60. The number of oxazole rings is 1.